The van der Waals surface area contributed by atoms with Crippen molar-refractivity contribution in [1.29, 1.82) is 0 Å². The monoisotopic (exact) mass is 517 g/mol. The van der Waals surface area contributed by atoms with Gasteiger partial charge in [-0.3, -0.25) is 4.98 Å². The van der Waals surface area contributed by atoms with Gasteiger partial charge in [0.05, 0.1) is 18.3 Å². The number of benzene rings is 2. The summed E-state index contributed by atoms with van der Waals surface area (Å²) in [4.78, 5) is 4.42. The predicted octanol–water partition coefficient (Wildman–Crippen LogP) is 6.75. The lowest BCUT2D eigenvalue weighted by Gasteiger charge is -2.22. The Bertz CT molecular complexity index is 1050. The van der Waals surface area contributed by atoms with Gasteiger partial charge < -0.3 is 9.47 Å². The van der Waals surface area contributed by atoms with Crippen LogP contribution in [0.4, 0.5) is 0 Å². The van der Waals surface area contributed by atoms with E-state index < -0.39 is 0 Å². The van der Waals surface area contributed by atoms with Crippen LogP contribution < -0.4 is 4.74 Å². The largest absolute Gasteiger partial charge is 0.490 e. The van der Waals surface area contributed by atoms with Crippen LogP contribution in [0.25, 0.3) is 11.1 Å². The first-order chi connectivity index (χ1) is 14.1. The molecule has 5 rings (SSSR count). The van der Waals surface area contributed by atoms with Crippen LogP contribution in [0.1, 0.15) is 36.8 Å². The van der Waals surface area contributed by atoms with Gasteiger partial charge in [0.15, 0.2) is 0 Å². The van der Waals surface area contributed by atoms with Crippen LogP contribution in [0.5, 0.6) is 5.75 Å². The zero-order chi connectivity index (χ0) is 19.8. The zero-order valence-corrected chi connectivity index (χ0v) is 18.8. The first kappa shape index (κ1) is 19.3. The maximum Gasteiger partial charge on any atom is 0.127 e. The van der Waals surface area contributed by atoms with E-state index in [4.69, 9.17) is 21.1 Å². The summed E-state index contributed by atoms with van der Waals surface area (Å²) in [5.74, 6) is 0.943. The number of ether oxygens (including phenoxy) is 2. The van der Waals surface area contributed by atoms with E-state index in [-0.39, 0.29) is 5.60 Å². The summed E-state index contributed by atoms with van der Waals surface area (Å²) >= 11 is 8.68. The Hall–Kier alpha value is -1.63. The fourth-order valence-corrected chi connectivity index (χ4v) is 4.35. The van der Waals surface area contributed by atoms with Gasteiger partial charge in [-0.25, -0.2) is 0 Å². The van der Waals surface area contributed by atoms with Crippen LogP contribution in [0.3, 0.4) is 0 Å². The molecule has 1 heterocycles. The Morgan fingerprint density at radius 2 is 1.90 bits per heavy atom. The second-order valence-corrected chi connectivity index (χ2v) is 9.41. The van der Waals surface area contributed by atoms with E-state index in [1.165, 1.54) is 0 Å². The molecule has 3 aromatic rings. The summed E-state index contributed by atoms with van der Waals surface area (Å²) in [6.07, 6.45) is 8.40. The molecule has 0 atom stereocenters. The summed E-state index contributed by atoms with van der Waals surface area (Å²) in [6.45, 7) is 0.490. The zero-order valence-electron chi connectivity index (χ0n) is 15.9. The Balaban J connectivity index is 1.46. The molecule has 2 aliphatic rings. The number of hydrogen-bond donors (Lipinski definition) is 0. The third kappa shape index (κ3) is 4.16. The Kier molecular flexibility index (Phi) is 5.26. The molecule has 3 nitrogen and oxygen atoms in total. The molecule has 0 unspecified atom stereocenters. The van der Waals surface area contributed by atoms with Crippen molar-refractivity contribution in [1.82, 2.24) is 4.98 Å². The molecule has 2 fully saturated rings. The number of para-hydroxylation sites is 1. The van der Waals surface area contributed by atoms with Gasteiger partial charge in [-0.15, -0.1) is 0 Å². The van der Waals surface area contributed by atoms with Crippen LogP contribution in [-0.2, 0) is 16.9 Å². The van der Waals surface area contributed by atoms with Crippen LogP contribution >= 0.6 is 34.2 Å². The second kappa shape index (κ2) is 7.89. The smallest absolute Gasteiger partial charge is 0.127 e. The van der Waals surface area contributed by atoms with E-state index in [2.05, 4.69) is 57.9 Å². The fraction of sp³-hybridized carbons (Fsp3) is 0.292. The lowest BCUT2D eigenvalue weighted by atomic mass is 9.96. The highest BCUT2D eigenvalue weighted by Crippen LogP contribution is 2.53. The van der Waals surface area contributed by atoms with Gasteiger partial charge in [0, 0.05) is 32.1 Å². The van der Waals surface area contributed by atoms with Crippen LogP contribution in [0.15, 0.2) is 60.9 Å². The van der Waals surface area contributed by atoms with E-state index in [1.807, 2.05) is 30.6 Å². The molecule has 0 aliphatic heterocycles. The van der Waals surface area contributed by atoms with Crippen molar-refractivity contribution >= 4 is 34.2 Å². The van der Waals surface area contributed by atoms with E-state index in [0.717, 1.165) is 62.3 Å². The van der Waals surface area contributed by atoms with E-state index in [1.54, 1.807) is 0 Å². The van der Waals surface area contributed by atoms with Gasteiger partial charge in [0.25, 0.3) is 0 Å². The standard InChI is InChI=1S/C24H21ClINO2/c25-22-8-5-17(26)13-16(22)15-28-24(10-11-24)21-14-27-12-9-19(21)20-3-1-2-4-23(20)29-18-6-7-18/h1-5,8-9,12-14,18H,6-7,10-11,15H2. The Morgan fingerprint density at radius 1 is 1.07 bits per heavy atom. The minimum atomic E-state index is -0.305. The summed E-state index contributed by atoms with van der Waals surface area (Å²) in [5.41, 5.74) is 4.10. The maximum atomic E-state index is 6.48. The first-order valence-corrected chi connectivity index (χ1v) is 11.4. The molecule has 0 spiro atoms. The maximum absolute atomic E-state index is 6.48. The van der Waals surface area contributed by atoms with Crippen molar-refractivity contribution in [3.63, 3.8) is 0 Å². The van der Waals surface area contributed by atoms with Crippen molar-refractivity contribution in [3.05, 3.63) is 80.6 Å². The number of aromatic nitrogens is 1. The van der Waals surface area contributed by atoms with E-state index in [0.29, 0.717) is 12.7 Å². The van der Waals surface area contributed by atoms with Crippen molar-refractivity contribution < 1.29 is 9.47 Å². The molecule has 148 valence electrons. The highest BCUT2D eigenvalue weighted by molar-refractivity contribution is 14.1. The molecule has 2 aliphatic carbocycles. The van der Waals surface area contributed by atoms with Crippen molar-refractivity contribution in [3.8, 4) is 16.9 Å². The van der Waals surface area contributed by atoms with Crippen molar-refractivity contribution in [2.45, 2.75) is 44.0 Å². The average molecular weight is 518 g/mol. The van der Waals surface area contributed by atoms with Crippen LogP contribution in [0, 0.1) is 3.57 Å². The van der Waals surface area contributed by atoms with Gasteiger partial charge in [-0.1, -0.05) is 29.8 Å². The summed E-state index contributed by atoms with van der Waals surface area (Å²) in [6, 6.07) is 16.4. The molecule has 1 aromatic heterocycles. The third-order valence-electron chi connectivity index (χ3n) is 5.52. The lowest BCUT2D eigenvalue weighted by Crippen LogP contribution is -2.14. The summed E-state index contributed by atoms with van der Waals surface area (Å²) in [7, 11) is 0. The number of nitrogens with zero attached hydrogens (tertiary/aromatic N) is 1. The third-order valence-corrected chi connectivity index (χ3v) is 6.56. The Labute approximate surface area is 189 Å². The lowest BCUT2D eigenvalue weighted by molar-refractivity contribution is 0.0173. The van der Waals surface area contributed by atoms with Crippen LogP contribution in [-0.4, -0.2) is 11.1 Å². The fourth-order valence-electron chi connectivity index (χ4n) is 3.62. The van der Waals surface area contributed by atoms with Gasteiger partial charge in [0.1, 0.15) is 5.75 Å². The van der Waals surface area contributed by atoms with E-state index in [9.17, 15) is 0 Å². The van der Waals surface area contributed by atoms with Crippen LogP contribution in [0.2, 0.25) is 5.02 Å². The minimum Gasteiger partial charge on any atom is -0.490 e. The number of pyridine rings is 1. The summed E-state index contributed by atoms with van der Waals surface area (Å²) in [5, 5.41) is 0.746. The molecule has 2 saturated carbocycles. The van der Waals surface area contributed by atoms with Crippen molar-refractivity contribution in [2.24, 2.45) is 0 Å². The number of halogens is 2. The molecular weight excluding hydrogens is 497 g/mol. The van der Waals surface area contributed by atoms with Gasteiger partial charge in [-0.05, 0) is 89.7 Å². The number of rotatable bonds is 7. The predicted molar refractivity (Wildman–Crippen MR) is 123 cm³/mol. The minimum absolute atomic E-state index is 0.305. The molecule has 0 amide bonds. The SMILES string of the molecule is Clc1ccc(I)cc1COC1(c2cnccc2-c2ccccc2OC2CC2)CC1. The molecule has 29 heavy (non-hydrogen) atoms. The van der Waals surface area contributed by atoms with Crippen molar-refractivity contribution in [2.75, 3.05) is 0 Å². The molecule has 0 radical (unpaired) electrons. The summed E-state index contributed by atoms with van der Waals surface area (Å²) < 4.78 is 13.8. The van der Waals surface area contributed by atoms with E-state index >= 15 is 0 Å². The second-order valence-electron chi connectivity index (χ2n) is 7.75. The molecule has 5 heteroatoms. The molecule has 2 aromatic carbocycles. The average Bonchev–Trinajstić information content (AvgIpc) is 3.66. The first-order valence-electron chi connectivity index (χ1n) is 9.93. The van der Waals surface area contributed by atoms with Gasteiger partial charge in [0.2, 0.25) is 0 Å². The molecular formula is C24H21ClINO2. The molecule has 0 saturated heterocycles. The molecule has 0 N–H and O–H groups in total. The Morgan fingerprint density at radius 3 is 2.69 bits per heavy atom. The molecule has 0 bridgehead atoms. The van der Waals surface area contributed by atoms with Gasteiger partial charge in [-0.2, -0.15) is 0 Å². The van der Waals surface area contributed by atoms with Gasteiger partial charge >= 0.3 is 0 Å². The topological polar surface area (TPSA) is 31.4 Å². The highest BCUT2D eigenvalue weighted by Gasteiger charge is 2.47. The quantitative estimate of drug-likeness (QED) is 0.325. The number of hydrogen-bond acceptors (Lipinski definition) is 3. The highest BCUT2D eigenvalue weighted by atomic mass is 127. The normalized spacial score (nSPS) is 17.2.